The molecule has 0 saturated carbocycles. The van der Waals surface area contributed by atoms with Gasteiger partial charge in [0.15, 0.2) is 11.5 Å². The van der Waals surface area contributed by atoms with Gasteiger partial charge in [0.2, 0.25) is 0 Å². The van der Waals surface area contributed by atoms with Crippen molar-refractivity contribution >= 4 is 18.5 Å². The Hall–Kier alpha value is -1.46. The summed E-state index contributed by atoms with van der Waals surface area (Å²) in [5, 5.41) is 2.63. The Morgan fingerprint density at radius 2 is 2.33 bits per heavy atom. The predicted octanol–water partition coefficient (Wildman–Crippen LogP) is 2.60. The summed E-state index contributed by atoms with van der Waals surface area (Å²) < 4.78 is 11.2. The van der Waals surface area contributed by atoms with Gasteiger partial charge in [-0.3, -0.25) is 4.90 Å². The molecule has 5 nitrogen and oxygen atoms in total. The van der Waals surface area contributed by atoms with Gasteiger partial charge < -0.3 is 14.8 Å². The third-order valence-corrected chi connectivity index (χ3v) is 4.07. The third kappa shape index (κ3) is 2.94. The number of nitrogens with zero attached hydrogens (tertiary/aromatic N) is 1. The van der Waals surface area contributed by atoms with Crippen molar-refractivity contribution in [1.82, 2.24) is 10.2 Å². The molecule has 0 unspecified atom stereocenters. The molecule has 2 aliphatic rings. The Bertz CT molecular complexity index is 524. The highest BCUT2D eigenvalue weighted by molar-refractivity contribution is 5.85. The molecule has 1 aromatic carbocycles. The van der Waals surface area contributed by atoms with Crippen LogP contribution in [0.5, 0.6) is 11.5 Å². The van der Waals surface area contributed by atoms with Gasteiger partial charge in [0.05, 0.1) is 6.61 Å². The monoisotopic (exact) mass is 312 g/mol. The van der Waals surface area contributed by atoms with E-state index in [4.69, 9.17) is 9.47 Å². The first-order chi connectivity index (χ1) is 9.70. The summed E-state index contributed by atoms with van der Waals surface area (Å²) in [7, 11) is 2.14. The molecule has 1 fully saturated rings. The normalized spacial score (nSPS) is 23.3. The van der Waals surface area contributed by atoms with Crippen molar-refractivity contribution in [1.29, 1.82) is 0 Å². The fraction of sp³-hybridized carbons (Fsp3) is 0.533. The molecule has 1 aromatic rings. The van der Waals surface area contributed by atoms with Gasteiger partial charge in [-0.1, -0.05) is 12.1 Å². The minimum absolute atomic E-state index is 0. The summed E-state index contributed by atoms with van der Waals surface area (Å²) in [5.74, 6) is 1.76. The van der Waals surface area contributed by atoms with Crippen molar-refractivity contribution in [3.05, 3.63) is 23.8 Å². The quantitative estimate of drug-likeness (QED) is 0.912. The Kier molecular flexibility index (Phi) is 4.96. The van der Waals surface area contributed by atoms with E-state index in [9.17, 15) is 4.79 Å². The van der Waals surface area contributed by atoms with Crippen LogP contribution in [-0.4, -0.2) is 37.7 Å². The van der Waals surface area contributed by atoms with Crippen LogP contribution < -0.4 is 14.8 Å². The number of likely N-dealkylation sites (tertiary alicyclic amines) is 1. The maximum atomic E-state index is 11.6. The largest absolute Gasteiger partial charge is 0.489 e. The first-order valence-electron chi connectivity index (χ1n) is 7.12. The minimum atomic E-state index is -0.439. The predicted molar refractivity (Wildman–Crippen MR) is 82.4 cm³/mol. The van der Waals surface area contributed by atoms with Crippen LogP contribution in [0.15, 0.2) is 18.2 Å². The van der Waals surface area contributed by atoms with Gasteiger partial charge in [0.25, 0.3) is 0 Å². The number of ether oxygens (including phenoxy) is 2. The van der Waals surface area contributed by atoms with Crippen molar-refractivity contribution in [2.24, 2.45) is 5.92 Å². The van der Waals surface area contributed by atoms with Gasteiger partial charge in [-0.15, -0.1) is 12.4 Å². The molecule has 21 heavy (non-hydrogen) atoms. The van der Waals surface area contributed by atoms with E-state index in [1.807, 2.05) is 13.0 Å². The zero-order valence-electron chi connectivity index (χ0n) is 12.3. The second-order valence-electron chi connectivity index (χ2n) is 5.38. The fourth-order valence-electron chi connectivity index (χ4n) is 3.16. The lowest BCUT2D eigenvalue weighted by atomic mass is 9.91. The summed E-state index contributed by atoms with van der Waals surface area (Å²) in [6, 6.07) is 6.14. The molecule has 1 N–H and O–H groups in total. The summed E-state index contributed by atoms with van der Waals surface area (Å²) in [5.41, 5.74) is 1.13. The number of hydrogen-bond donors (Lipinski definition) is 1. The maximum absolute atomic E-state index is 11.6. The highest BCUT2D eigenvalue weighted by atomic mass is 35.5. The number of amides is 1. The second-order valence-corrected chi connectivity index (χ2v) is 5.38. The van der Waals surface area contributed by atoms with Gasteiger partial charge in [-0.05, 0) is 33.0 Å². The van der Waals surface area contributed by atoms with E-state index >= 15 is 0 Å². The molecule has 0 spiro atoms. The van der Waals surface area contributed by atoms with Crippen LogP contribution in [0.1, 0.15) is 24.9 Å². The van der Waals surface area contributed by atoms with E-state index in [1.165, 1.54) is 0 Å². The summed E-state index contributed by atoms with van der Waals surface area (Å²) in [6.07, 6.45) is 0.716. The molecular weight excluding hydrogens is 292 g/mol. The van der Waals surface area contributed by atoms with Crippen molar-refractivity contribution in [3.8, 4) is 11.5 Å². The molecule has 6 heteroatoms. The minimum Gasteiger partial charge on any atom is -0.489 e. The van der Waals surface area contributed by atoms with E-state index in [-0.39, 0.29) is 12.4 Å². The first kappa shape index (κ1) is 15.9. The van der Waals surface area contributed by atoms with Crippen molar-refractivity contribution in [2.45, 2.75) is 19.4 Å². The number of rotatable bonds is 2. The van der Waals surface area contributed by atoms with Crippen LogP contribution in [0, 0.1) is 5.92 Å². The van der Waals surface area contributed by atoms with Gasteiger partial charge in [-0.25, -0.2) is 4.79 Å². The van der Waals surface area contributed by atoms with Crippen LogP contribution in [0.4, 0.5) is 4.79 Å². The lowest BCUT2D eigenvalue weighted by molar-refractivity contribution is 0.156. The number of halogens is 1. The zero-order chi connectivity index (χ0) is 14.1. The molecule has 0 aromatic heterocycles. The van der Waals surface area contributed by atoms with E-state index in [0.29, 0.717) is 36.6 Å². The Labute approximate surface area is 131 Å². The number of hydrogen-bond acceptors (Lipinski definition) is 4. The van der Waals surface area contributed by atoms with E-state index < -0.39 is 6.09 Å². The number of nitrogens with one attached hydrogen (secondary N) is 1. The molecule has 116 valence electrons. The smallest absolute Gasteiger partial charge is 0.412 e. The molecule has 2 aliphatic heterocycles. The maximum Gasteiger partial charge on any atom is 0.412 e. The number of carbonyl (C=O) groups excluding carboxylic acids is 1. The van der Waals surface area contributed by atoms with E-state index in [2.05, 4.69) is 23.3 Å². The van der Waals surface area contributed by atoms with Crippen LogP contribution in [-0.2, 0) is 0 Å². The fourth-order valence-corrected chi connectivity index (χ4v) is 3.16. The molecular formula is C15H21ClN2O3. The van der Waals surface area contributed by atoms with Crippen molar-refractivity contribution in [2.75, 3.05) is 26.7 Å². The molecule has 0 aliphatic carbocycles. The van der Waals surface area contributed by atoms with Crippen molar-refractivity contribution < 1.29 is 14.3 Å². The Morgan fingerprint density at radius 3 is 3.10 bits per heavy atom. The van der Waals surface area contributed by atoms with Crippen molar-refractivity contribution in [3.63, 3.8) is 0 Å². The van der Waals surface area contributed by atoms with Gasteiger partial charge in [-0.2, -0.15) is 0 Å². The first-order valence-corrected chi connectivity index (χ1v) is 7.12. The van der Waals surface area contributed by atoms with E-state index in [0.717, 1.165) is 18.5 Å². The average molecular weight is 313 g/mol. The van der Waals surface area contributed by atoms with Gasteiger partial charge in [0.1, 0.15) is 0 Å². The summed E-state index contributed by atoms with van der Waals surface area (Å²) >= 11 is 0. The second kappa shape index (κ2) is 6.54. The molecule has 0 radical (unpaired) electrons. The molecule has 2 heterocycles. The number of carbonyl (C=O) groups is 1. The van der Waals surface area contributed by atoms with Crippen LogP contribution in [0.3, 0.4) is 0 Å². The highest BCUT2D eigenvalue weighted by Gasteiger charge is 2.39. The number of fused-ring (bicyclic) bond motifs is 3. The average Bonchev–Trinajstić information content (AvgIpc) is 2.81. The molecule has 2 atom stereocenters. The van der Waals surface area contributed by atoms with Gasteiger partial charge >= 0.3 is 6.09 Å². The third-order valence-electron chi connectivity index (χ3n) is 4.07. The Morgan fingerprint density at radius 1 is 1.52 bits per heavy atom. The van der Waals surface area contributed by atoms with E-state index in [1.54, 1.807) is 6.07 Å². The lowest BCUT2D eigenvalue weighted by Gasteiger charge is -2.32. The summed E-state index contributed by atoms with van der Waals surface area (Å²) in [6.45, 7) is 4.18. The molecule has 0 bridgehead atoms. The topological polar surface area (TPSA) is 50.8 Å². The van der Waals surface area contributed by atoms with Crippen LogP contribution >= 0.6 is 12.4 Å². The molecule has 1 amide bonds. The molecule has 1 saturated heterocycles. The van der Waals surface area contributed by atoms with Crippen LogP contribution in [0.25, 0.3) is 0 Å². The highest BCUT2D eigenvalue weighted by Crippen LogP contribution is 2.47. The molecule has 3 rings (SSSR count). The number of benzene rings is 1. The zero-order valence-corrected chi connectivity index (χ0v) is 13.1. The number of para-hydroxylation sites is 1. The van der Waals surface area contributed by atoms with Crippen LogP contribution in [0.2, 0.25) is 0 Å². The lowest BCUT2D eigenvalue weighted by Crippen LogP contribution is -2.30. The standard InChI is InChI=1S/C15H20N2O3.ClH/c1-3-16-15(18)20-12-6-4-5-11-13-10(7-8-17(13)2)9-19-14(11)12;/h4-6,10,13H,3,7-9H2,1-2H3,(H,16,18);1H/t10-,13-;/m0./s1. The summed E-state index contributed by atoms with van der Waals surface area (Å²) in [4.78, 5) is 13.9. The van der Waals surface area contributed by atoms with Gasteiger partial charge in [0, 0.05) is 24.1 Å². The Balaban J connectivity index is 0.00000161. The SMILES string of the molecule is CCNC(=O)Oc1cccc2c1OC[C@@H]1CCN(C)[C@H]21.Cl.